The number of aliphatic hydroxyl groups excluding tert-OH is 1. The first-order valence-electron chi connectivity index (χ1n) is 3.92. The van der Waals surface area contributed by atoms with Gasteiger partial charge in [-0.25, -0.2) is 4.79 Å². The summed E-state index contributed by atoms with van der Waals surface area (Å²) in [5, 5.41) is 12.0. The fourth-order valence-electron chi connectivity index (χ4n) is 1.76. The third-order valence-corrected chi connectivity index (χ3v) is 2.35. The van der Waals surface area contributed by atoms with E-state index in [1.54, 1.807) is 0 Å². The number of aliphatic hydroxyl groups is 1. The van der Waals surface area contributed by atoms with Gasteiger partial charge in [-0.2, -0.15) is 0 Å². The first-order valence-corrected chi connectivity index (χ1v) is 3.92. The average molecular weight is 157 g/mol. The van der Waals surface area contributed by atoms with Crippen molar-refractivity contribution in [1.29, 1.82) is 0 Å². The minimum atomic E-state index is -0.416. The Morgan fingerprint density at radius 1 is 1.55 bits per heavy atom. The summed E-state index contributed by atoms with van der Waals surface area (Å²) in [7, 11) is 0. The Kier molecular flexibility index (Phi) is 1.49. The molecule has 4 heteroatoms. The predicted molar refractivity (Wildman–Crippen MR) is 37.1 cm³/mol. The van der Waals surface area contributed by atoms with Crippen LogP contribution >= 0.6 is 0 Å². The van der Waals surface area contributed by atoms with Crippen molar-refractivity contribution in [1.82, 2.24) is 5.32 Å². The molecular formula is C7H11NO3. The smallest absolute Gasteiger partial charge is 0.407 e. The van der Waals surface area contributed by atoms with Gasteiger partial charge in [0, 0.05) is 0 Å². The lowest BCUT2D eigenvalue weighted by Crippen LogP contribution is -2.45. The van der Waals surface area contributed by atoms with Gasteiger partial charge >= 0.3 is 6.09 Å². The molecular weight excluding hydrogens is 146 g/mol. The molecule has 0 radical (unpaired) electrons. The molecule has 0 aromatic carbocycles. The van der Waals surface area contributed by atoms with Crippen molar-refractivity contribution in [3.05, 3.63) is 0 Å². The third-order valence-electron chi connectivity index (χ3n) is 2.35. The van der Waals surface area contributed by atoms with Gasteiger partial charge in [-0.15, -0.1) is 0 Å². The van der Waals surface area contributed by atoms with Crippen LogP contribution in [-0.4, -0.2) is 29.4 Å². The van der Waals surface area contributed by atoms with E-state index in [0.717, 1.165) is 19.3 Å². The molecule has 2 N–H and O–H groups in total. The highest BCUT2D eigenvalue weighted by Gasteiger charge is 2.40. The quantitative estimate of drug-likeness (QED) is 0.520. The van der Waals surface area contributed by atoms with Crippen LogP contribution in [0.5, 0.6) is 0 Å². The summed E-state index contributed by atoms with van der Waals surface area (Å²) in [5.41, 5.74) is 0. The number of rotatable bonds is 0. The maximum atomic E-state index is 10.7. The zero-order valence-electron chi connectivity index (χ0n) is 6.12. The van der Waals surface area contributed by atoms with Crippen molar-refractivity contribution in [2.45, 2.75) is 37.5 Å². The number of carbonyl (C=O) groups is 1. The van der Waals surface area contributed by atoms with Crippen LogP contribution in [0.3, 0.4) is 0 Å². The minimum Gasteiger partial charge on any atom is -0.444 e. The highest BCUT2D eigenvalue weighted by molar-refractivity contribution is 5.70. The van der Waals surface area contributed by atoms with E-state index < -0.39 is 6.10 Å². The van der Waals surface area contributed by atoms with Crippen LogP contribution in [-0.2, 0) is 4.74 Å². The molecule has 0 aromatic rings. The lowest BCUT2D eigenvalue weighted by molar-refractivity contribution is 0.0404. The molecule has 2 aliphatic rings. The van der Waals surface area contributed by atoms with E-state index in [0.29, 0.717) is 0 Å². The largest absolute Gasteiger partial charge is 0.444 e. The first-order chi connectivity index (χ1) is 5.27. The molecule has 0 bridgehead atoms. The van der Waals surface area contributed by atoms with Crippen molar-refractivity contribution >= 4 is 6.09 Å². The van der Waals surface area contributed by atoms with Gasteiger partial charge in [-0.3, -0.25) is 0 Å². The maximum absolute atomic E-state index is 10.7. The normalized spacial score (nSPS) is 42.6. The molecule has 1 heterocycles. The standard InChI is InChI=1S/C7H11NO3/c9-4-2-1-3-5-6(4)8-7(10)11-5/h4-6,9H,1-3H2,(H,8,10)/t4-,5-,6+/m0/s1. The van der Waals surface area contributed by atoms with E-state index in [1.807, 2.05) is 0 Å². The average Bonchev–Trinajstić information content (AvgIpc) is 2.31. The minimum absolute atomic E-state index is 0.0914. The zero-order chi connectivity index (χ0) is 7.84. The van der Waals surface area contributed by atoms with E-state index in [4.69, 9.17) is 4.74 Å². The molecule has 62 valence electrons. The van der Waals surface area contributed by atoms with Gasteiger partial charge in [0.15, 0.2) is 0 Å². The van der Waals surface area contributed by atoms with Crippen LogP contribution in [0.15, 0.2) is 0 Å². The van der Waals surface area contributed by atoms with Crippen LogP contribution in [0.4, 0.5) is 4.79 Å². The number of nitrogens with one attached hydrogen (secondary N) is 1. The van der Waals surface area contributed by atoms with Gasteiger partial charge in [-0.1, -0.05) is 0 Å². The molecule has 0 unspecified atom stereocenters. The fraction of sp³-hybridized carbons (Fsp3) is 0.857. The Labute approximate surface area is 64.5 Å². The number of hydrogen-bond donors (Lipinski definition) is 2. The van der Waals surface area contributed by atoms with Gasteiger partial charge < -0.3 is 15.2 Å². The number of alkyl carbamates (subject to hydrolysis) is 1. The zero-order valence-corrected chi connectivity index (χ0v) is 6.12. The molecule has 1 aliphatic heterocycles. The molecule has 1 aliphatic carbocycles. The van der Waals surface area contributed by atoms with Crippen LogP contribution in [0, 0.1) is 0 Å². The lowest BCUT2D eigenvalue weighted by atomic mass is 9.91. The highest BCUT2D eigenvalue weighted by Crippen LogP contribution is 2.25. The summed E-state index contributed by atoms with van der Waals surface area (Å²) in [4.78, 5) is 10.7. The Bertz CT molecular complexity index is 183. The molecule has 0 spiro atoms. The summed E-state index contributed by atoms with van der Waals surface area (Å²) in [6, 6.07) is -0.156. The fourth-order valence-corrected chi connectivity index (χ4v) is 1.76. The van der Waals surface area contributed by atoms with Gasteiger partial charge in [0.25, 0.3) is 0 Å². The number of hydrogen-bond acceptors (Lipinski definition) is 3. The van der Waals surface area contributed by atoms with E-state index in [9.17, 15) is 9.90 Å². The summed E-state index contributed by atoms with van der Waals surface area (Å²) in [5.74, 6) is 0. The van der Waals surface area contributed by atoms with E-state index in [1.165, 1.54) is 0 Å². The van der Waals surface area contributed by atoms with Crippen LogP contribution in [0.2, 0.25) is 0 Å². The molecule has 1 amide bonds. The molecule has 11 heavy (non-hydrogen) atoms. The maximum Gasteiger partial charge on any atom is 0.407 e. The second kappa shape index (κ2) is 2.37. The van der Waals surface area contributed by atoms with Crippen LogP contribution < -0.4 is 5.32 Å². The molecule has 1 saturated carbocycles. The van der Waals surface area contributed by atoms with Crippen molar-refractivity contribution in [2.75, 3.05) is 0 Å². The monoisotopic (exact) mass is 157 g/mol. The summed E-state index contributed by atoms with van der Waals surface area (Å²) < 4.78 is 4.93. The third kappa shape index (κ3) is 1.07. The topological polar surface area (TPSA) is 58.6 Å². The first kappa shape index (κ1) is 6.91. The van der Waals surface area contributed by atoms with Gasteiger partial charge in [0.05, 0.1) is 12.1 Å². The van der Waals surface area contributed by atoms with E-state index in [2.05, 4.69) is 5.32 Å². The summed E-state index contributed by atoms with van der Waals surface area (Å²) >= 11 is 0. The highest BCUT2D eigenvalue weighted by atomic mass is 16.6. The molecule has 4 nitrogen and oxygen atoms in total. The van der Waals surface area contributed by atoms with Crippen molar-refractivity contribution < 1.29 is 14.6 Å². The SMILES string of the molecule is O=C1N[C@H]2[C@H](CCC[C@@H]2O)O1. The molecule has 2 rings (SSSR count). The Balaban J connectivity index is 2.09. The summed E-state index contributed by atoms with van der Waals surface area (Å²) in [6.07, 6.45) is 1.69. The van der Waals surface area contributed by atoms with Crippen LogP contribution in [0.25, 0.3) is 0 Å². The van der Waals surface area contributed by atoms with Crippen LogP contribution in [0.1, 0.15) is 19.3 Å². The predicted octanol–water partition coefficient (Wildman–Crippen LogP) is 0.00820. The van der Waals surface area contributed by atoms with E-state index in [-0.39, 0.29) is 18.2 Å². The Morgan fingerprint density at radius 2 is 2.36 bits per heavy atom. The molecule has 1 saturated heterocycles. The van der Waals surface area contributed by atoms with Gasteiger partial charge in [0.2, 0.25) is 0 Å². The molecule has 0 aromatic heterocycles. The number of carbonyl (C=O) groups excluding carboxylic acids is 1. The number of fused-ring (bicyclic) bond motifs is 1. The van der Waals surface area contributed by atoms with Crippen molar-refractivity contribution in [2.24, 2.45) is 0 Å². The lowest BCUT2D eigenvalue weighted by Gasteiger charge is -2.26. The molecule has 3 atom stereocenters. The van der Waals surface area contributed by atoms with Gasteiger partial charge in [0.1, 0.15) is 6.10 Å². The van der Waals surface area contributed by atoms with Gasteiger partial charge in [-0.05, 0) is 19.3 Å². The summed E-state index contributed by atoms with van der Waals surface area (Å²) in [6.45, 7) is 0. The molecule has 2 fully saturated rings. The Hall–Kier alpha value is -0.770. The number of ether oxygens (including phenoxy) is 1. The second-order valence-electron chi connectivity index (χ2n) is 3.11. The Morgan fingerprint density at radius 3 is 3.09 bits per heavy atom. The number of amides is 1. The van der Waals surface area contributed by atoms with Crippen molar-refractivity contribution in [3.63, 3.8) is 0 Å². The second-order valence-corrected chi connectivity index (χ2v) is 3.11. The van der Waals surface area contributed by atoms with E-state index >= 15 is 0 Å². The van der Waals surface area contributed by atoms with Crippen molar-refractivity contribution in [3.8, 4) is 0 Å².